The van der Waals surface area contributed by atoms with Crippen LogP contribution in [0.4, 0.5) is 0 Å². The minimum atomic E-state index is -3.33. The Morgan fingerprint density at radius 1 is 1.24 bits per heavy atom. The molecule has 0 fully saturated rings. The van der Waals surface area contributed by atoms with Crippen LogP contribution in [0, 0.1) is 6.92 Å². The smallest absolute Gasteiger partial charge is 0.242 e. The summed E-state index contributed by atoms with van der Waals surface area (Å²) in [4.78, 5) is 0.344. The molecular weight excluding hydrogens is 260 g/mol. The summed E-state index contributed by atoms with van der Waals surface area (Å²) in [6.45, 7) is 3.04. The molecule has 0 saturated heterocycles. The number of sulfonamides is 1. The molecule has 6 heteroatoms. The molecule has 0 aliphatic rings. The van der Waals surface area contributed by atoms with Gasteiger partial charge in [0.05, 0.1) is 4.90 Å². The second kappa shape index (κ2) is 6.96. The van der Waals surface area contributed by atoms with Gasteiger partial charge in [-0.1, -0.05) is 17.7 Å². The number of hydrogen-bond donors (Lipinski definition) is 1. The maximum absolute atomic E-state index is 12.0. The molecule has 0 bridgehead atoms. The van der Waals surface area contributed by atoms with Gasteiger partial charge in [0.2, 0.25) is 10.0 Å². The van der Waals surface area contributed by atoms with Gasteiger partial charge in [0, 0.05) is 20.1 Å². The highest BCUT2D eigenvalue weighted by Crippen LogP contribution is 2.14. The highest BCUT2D eigenvalue weighted by molar-refractivity contribution is 7.89. The number of nitrogens with one attached hydrogen (secondary N) is 1. The molecule has 0 heterocycles. The first kappa shape index (κ1) is 16.4. The van der Waals surface area contributed by atoms with Crippen LogP contribution in [0.2, 0.25) is 0 Å². The van der Waals surface area contributed by atoms with Crippen molar-refractivity contribution in [1.29, 1.82) is 0 Å². The Bertz CT molecular complexity index is 431. The maximum atomic E-state index is 12.0. The zero-order chi connectivity index (χ0) is 12.2. The predicted octanol–water partition coefficient (Wildman–Crippen LogP) is 1.26. The largest absolute Gasteiger partial charge is 0.318 e. The standard InChI is InChI=1S/C11H18N2O2S.ClH/c1-10-4-6-11(7-5-10)16(14,15)13(3)9-8-12-2;/h4-7,12H,8-9H2,1-3H3;1H. The molecule has 0 aromatic heterocycles. The van der Waals surface area contributed by atoms with Gasteiger partial charge in [0.1, 0.15) is 0 Å². The summed E-state index contributed by atoms with van der Waals surface area (Å²) in [5.74, 6) is 0. The van der Waals surface area contributed by atoms with E-state index < -0.39 is 10.0 Å². The number of likely N-dealkylation sites (N-methyl/N-ethyl adjacent to an activating group) is 2. The van der Waals surface area contributed by atoms with E-state index in [0.29, 0.717) is 18.0 Å². The zero-order valence-electron chi connectivity index (χ0n) is 10.3. The van der Waals surface area contributed by atoms with E-state index in [-0.39, 0.29) is 12.4 Å². The number of benzene rings is 1. The molecule has 0 atom stereocenters. The molecule has 0 radical (unpaired) electrons. The summed E-state index contributed by atoms with van der Waals surface area (Å²) < 4.78 is 25.5. The normalized spacial score (nSPS) is 11.3. The van der Waals surface area contributed by atoms with E-state index in [1.54, 1.807) is 38.4 Å². The molecule has 1 aromatic carbocycles. The average Bonchev–Trinajstić information content (AvgIpc) is 2.26. The number of rotatable bonds is 5. The van der Waals surface area contributed by atoms with Gasteiger partial charge in [-0.05, 0) is 26.1 Å². The quantitative estimate of drug-likeness (QED) is 0.882. The second-order valence-electron chi connectivity index (χ2n) is 3.74. The lowest BCUT2D eigenvalue weighted by Gasteiger charge is -2.16. The van der Waals surface area contributed by atoms with E-state index in [1.165, 1.54) is 4.31 Å². The van der Waals surface area contributed by atoms with Gasteiger partial charge in [0.25, 0.3) is 0 Å². The van der Waals surface area contributed by atoms with E-state index in [9.17, 15) is 8.42 Å². The Labute approximate surface area is 109 Å². The molecule has 0 aliphatic carbocycles. The van der Waals surface area contributed by atoms with Crippen LogP contribution in [0.1, 0.15) is 5.56 Å². The van der Waals surface area contributed by atoms with Gasteiger partial charge in [-0.15, -0.1) is 12.4 Å². The Morgan fingerprint density at radius 3 is 2.24 bits per heavy atom. The fraction of sp³-hybridized carbons (Fsp3) is 0.455. The maximum Gasteiger partial charge on any atom is 0.242 e. The van der Waals surface area contributed by atoms with Crippen LogP contribution in [0.25, 0.3) is 0 Å². The summed E-state index contributed by atoms with van der Waals surface area (Å²) in [6.07, 6.45) is 0. The fourth-order valence-corrected chi connectivity index (χ4v) is 2.45. The summed E-state index contributed by atoms with van der Waals surface area (Å²) in [7, 11) is 0.0531. The summed E-state index contributed by atoms with van der Waals surface area (Å²) in [5, 5.41) is 2.93. The SMILES string of the molecule is CNCCN(C)S(=O)(=O)c1ccc(C)cc1.Cl. The van der Waals surface area contributed by atoms with Crippen LogP contribution in [0.3, 0.4) is 0 Å². The van der Waals surface area contributed by atoms with E-state index in [1.807, 2.05) is 6.92 Å². The van der Waals surface area contributed by atoms with Crippen molar-refractivity contribution < 1.29 is 8.42 Å². The Kier molecular flexibility index (Phi) is 6.70. The molecule has 1 rings (SSSR count). The number of nitrogens with zero attached hydrogens (tertiary/aromatic N) is 1. The molecule has 0 unspecified atom stereocenters. The van der Waals surface area contributed by atoms with Crippen LogP contribution in [0.15, 0.2) is 29.2 Å². The van der Waals surface area contributed by atoms with Crippen molar-refractivity contribution in [1.82, 2.24) is 9.62 Å². The zero-order valence-corrected chi connectivity index (χ0v) is 11.9. The lowest BCUT2D eigenvalue weighted by molar-refractivity contribution is 0.466. The topological polar surface area (TPSA) is 49.4 Å². The monoisotopic (exact) mass is 278 g/mol. The van der Waals surface area contributed by atoms with Crippen molar-refractivity contribution in [2.24, 2.45) is 0 Å². The van der Waals surface area contributed by atoms with Crippen molar-refractivity contribution in [2.45, 2.75) is 11.8 Å². The molecule has 1 aromatic rings. The molecule has 0 spiro atoms. The van der Waals surface area contributed by atoms with Crippen LogP contribution < -0.4 is 5.32 Å². The summed E-state index contributed by atoms with van der Waals surface area (Å²) in [5.41, 5.74) is 1.05. The molecular formula is C11H19ClN2O2S. The lowest BCUT2D eigenvalue weighted by atomic mass is 10.2. The van der Waals surface area contributed by atoms with E-state index in [0.717, 1.165) is 5.56 Å². The summed E-state index contributed by atoms with van der Waals surface area (Å²) >= 11 is 0. The van der Waals surface area contributed by atoms with Crippen molar-refractivity contribution in [3.05, 3.63) is 29.8 Å². The lowest BCUT2D eigenvalue weighted by Crippen LogP contribution is -2.32. The van der Waals surface area contributed by atoms with Gasteiger partial charge in [0.15, 0.2) is 0 Å². The average molecular weight is 279 g/mol. The van der Waals surface area contributed by atoms with Crippen molar-refractivity contribution in [3.8, 4) is 0 Å². The van der Waals surface area contributed by atoms with Crippen molar-refractivity contribution >= 4 is 22.4 Å². The number of hydrogen-bond acceptors (Lipinski definition) is 3. The first-order chi connectivity index (χ1) is 7.48. The number of aryl methyl sites for hydroxylation is 1. The van der Waals surface area contributed by atoms with Gasteiger partial charge in [-0.25, -0.2) is 8.42 Å². The third-order valence-corrected chi connectivity index (χ3v) is 4.28. The van der Waals surface area contributed by atoms with Gasteiger partial charge in [-0.2, -0.15) is 4.31 Å². The molecule has 4 nitrogen and oxygen atoms in total. The third kappa shape index (κ3) is 4.27. The van der Waals surface area contributed by atoms with E-state index >= 15 is 0 Å². The van der Waals surface area contributed by atoms with Crippen molar-refractivity contribution in [2.75, 3.05) is 27.2 Å². The van der Waals surface area contributed by atoms with Crippen LogP contribution in [-0.2, 0) is 10.0 Å². The van der Waals surface area contributed by atoms with Gasteiger partial charge >= 0.3 is 0 Å². The van der Waals surface area contributed by atoms with Crippen LogP contribution in [-0.4, -0.2) is 39.9 Å². The molecule has 98 valence electrons. The molecule has 0 saturated carbocycles. The highest BCUT2D eigenvalue weighted by Gasteiger charge is 2.19. The van der Waals surface area contributed by atoms with E-state index in [4.69, 9.17) is 0 Å². The second-order valence-corrected chi connectivity index (χ2v) is 5.79. The summed E-state index contributed by atoms with van der Waals surface area (Å²) in [6, 6.07) is 6.89. The van der Waals surface area contributed by atoms with Gasteiger partial charge < -0.3 is 5.32 Å². The minimum absolute atomic E-state index is 0. The highest BCUT2D eigenvalue weighted by atomic mass is 35.5. The molecule has 1 N–H and O–H groups in total. The van der Waals surface area contributed by atoms with Gasteiger partial charge in [-0.3, -0.25) is 0 Å². The first-order valence-electron chi connectivity index (χ1n) is 5.16. The van der Waals surface area contributed by atoms with Crippen LogP contribution >= 0.6 is 12.4 Å². The molecule has 0 aliphatic heterocycles. The van der Waals surface area contributed by atoms with Crippen molar-refractivity contribution in [3.63, 3.8) is 0 Å². The molecule has 0 amide bonds. The third-order valence-electron chi connectivity index (χ3n) is 2.41. The predicted molar refractivity (Wildman–Crippen MR) is 72.2 cm³/mol. The fourth-order valence-electron chi connectivity index (χ4n) is 1.28. The molecule has 17 heavy (non-hydrogen) atoms. The Hall–Kier alpha value is -0.620. The first-order valence-corrected chi connectivity index (χ1v) is 6.60. The van der Waals surface area contributed by atoms with Crippen LogP contribution in [0.5, 0.6) is 0 Å². The Balaban J connectivity index is 0.00000256. The minimum Gasteiger partial charge on any atom is -0.318 e. The number of halogens is 1. The van der Waals surface area contributed by atoms with E-state index in [2.05, 4.69) is 5.32 Å². The Morgan fingerprint density at radius 2 is 1.76 bits per heavy atom.